The topological polar surface area (TPSA) is 105 Å². The highest BCUT2D eigenvalue weighted by Crippen LogP contribution is 2.20. The first kappa shape index (κ1) is 22.8. The van der Waals surface area contributed by atoms with Gasteiger partial charge in [0, 0.05) is 25.6 Å². The molecular weight excluding hydrogens is 398 g/mol. The Morgan fingerprint density at radius 2 is 1.84 bits per heavy atom. The first-order valence-electron chi connectivity index (χ1n) is 11.1. The normalized spacial score (nSPS) is 20.2. The fourth-order valence-electron chi connectivity index (χ4n) is 4.06. The second kappa shape index (κ2) is 10.9. The van der Waals surface area contributed by atoms with Gasteiger partial charge in [0.1, 0.15) is 0 Å². The Morgan fingerprint density at radius 3 is 2.55 bits per heavy atom. The first-order chi connectivity index (χ1) is 14.9. The molecule has 1 saturated heterocycles. The summed E-state index contributed by atoms with van der Waals surface area (Å²) in [5.74, 6) is -1.96. The third-order valence-electron chi connectivity index (χ3n) is 5.90. The molecule has 0 radical (unpaired) electrons. The van der Waals surface area contributed by atoms with E-state index in [9.17, 15) is 19.2 Å². The lowest BCUT2D eigenvalue weighted by atomic mass is 9.96. The number of carbonyl (C=O) groups is 4. The van der Waals surface area contributed by atoms with E-state index < -0.39 is 29.9 Å². The van der Waals surface area contributed by atoms with Crippen molar-refractivity contribution in [1.82, 2.24) is 15.5 Å². The Labute approximate surface area is 182 Å². The number of carbonyl (C=O) groups excluding carboxylic acids is 4. The Morgan fingerprint density at radius 1 is 1.13 bits per heavy atom. The zero-order valence-corrected chi connectivity index (χ0v) is 18.0. The molecule has 8 nitrogen and oxygen atoms in total. The number of rotatable bonds is 7. The van der Waals surface area contributed by atoms with Crippen LogP contribution in [-0.2, 0) is 25.5 Å². The summed E-state index contributed by atoms with van der Waals surface area (Å²) in [7, 11) is 0. The predicted molar refractivity (Wildman–Crippen MR) is 114 cm³/mol. The van der Waals surface area contributed by atoms with Crippen LogP contribution < -0.4 is 10.6 Å². The number of amides is 4. The van der Waals surface area contributed by atoms with E-state index in [1.807, 2.05) is 30.3 Å². The molecule has 0 spiro atoms. The van der Waals surface area contributed by atoms with Gasteiger partial charge in [0.25, 0.3) is 5.91 Å². The number of urea groups is 1. The average Bonchev–Trinajstić information content (AvgIpc) is 3.14. The molecule has 4 amide bonds. The summed E-state index contributed by atoms with van der Waals surface area (Å²) >= 11 is 0. The molecule has 0 unspecified atom stereocenters. The molecule has 31 heavy (non-hydrogen) atoms. The summed E-state index contributed by atoms with van der Waals surface area (Å²) in [4.78, 5) is 50.6. The van der Waals surface area contributed by atoms with Crippen LogP contribution in [-0.4, -0.2) is 54.0 Å². The van der Waals surface area contributed by atoms with Crippen molar-refractivity contribution in [3.8, 4) is 0 Å². The molecular formula is C23H31N3O5. The van der Waals surface area contributed by atoms with E-state index in [4.69, 9.17) is 4.74 Å². The smallest absolute Gasteiger partial charge is 0.321 e. The van der Waals surface area contributed by atoms with E-state index in [1.165, 1.54) is 13.3 Å². The molecule has 1 aromatic carbocycles. The third kappa shape index (κ3) is 6.80. The molecule has 8 heteroatoms. The van der Waals surface area contributed by atoms with E-state index in [-0.39, 0.29) is 24.9 Å². The van der Waals surface area contributed by atoms with Gasteiger partial charge in [-0.2, -0.15) is 0 Å². The minimum Gasteiger partial charge on any atom is -0.452 e. The molecule has 3 rings (SSSR count). The third-order valence-corrected chi connectivity index (χ3v) is 5.90. The molecule has 2 N–H and O–H groups in total. The molecule has 0 bridgehead atoms. The minimum absolute atomic E-state index is 0.0735. The number of imide groups is 1. The van der Waals surface area contributed by atoms with Gasteiger partial charge in [-0.15, -0.1) is 0 Å². The quantitative estimate of drug-likeness (QED) is 0.647. The van der Waals surface area contributed by atoms with Crippen LogP contribution in [0.3, 0.4) is 0 Å². The maximum atomic E-state index is 12.4. The molecule has 2 fully saturated rings. The fourth-order valence-corrected chi connectivity index (χ4v) is 4.06. The zero-order valence-electron chi connectivity index (χ0n) is 18.0. The van der Waals surface area contributed by atoms with E-state index in [2.05, 4.69) is 10.6 Å². The SMILES string of the molecule is C[C@@H](OC(=O)[C@H]1CC(=O)N(CCc2ccccc2)C1)C(=O)NC(=O)NC1CCCCC1. The Balaban J connectivity index is 1.40. The number of nitrogens with zero attached hydrogens (tertiary/aromatic N) is 1. The summed E-state index contributed by atoms with van der Waals surface area (Å²) in [5.41, 5.74) is 1.12. The van der Waals surface area contributed by atoms with Crippen molar-refractivity contribution >= 4 is 23.8 Å². The zero-order chi connectivity index (χ0) is 22.2. The van der Waals surface area contributed by atoms with Gasteiger partial charge < -0.3 is 15.0 Å². The Kier molecular flexibility index (Phi) is 8.03. The van der Waals surface area contributed by atoms with Crippen molar-refractivity contribution < 1.29 is 23.9 Å². The van der Waals surface area contributed by atoms with E-state index in [0.717, 1.165) is 31.2 Å². The van der Waals surface area contributed by atoms with Crippen LogP contribution in [0.4, 0.5) is 4.79 Å². The summed E-state index contributed by atoms with van der Waals surface area (Å²) in [6.07, 6.45) is 4.78. The lowest BCUT2D eigenvalue weighted by Gasteiger charge is -2.23. The average molecular weight is 430 g/mol. The molecule has 1 aliphatic heterocycles. The predicted octanol–water partition coefficient (Wildman–Crippen LogP) is 2.17. The molecule has 1 heterocycles. The highest BCUT2D eigenvalue weighted by molar-refractivity contribution is 5.97. The van der Waals surface area contributed by atoms with Crippen molar-refractivity contribution in [2.45, 2.75) is 64.0 Å². The fraction of sp³-hybridized carbons (Fsp3) is 0.565. The molecule has 2 atom stereocenters. The second-order valence-corrected chi connectivity index (χ2v) is 8.35. The number of benzene rings is 1. The van der Waals surface area contributed by atoms with Gasteiger partial charge >= 0.3 is 12.0 Å². The number of hydrogen-bond donors (Lipinski definition) is 2. The van der Waals surface area contributed by atoms with Gasteiger partial charge in [-0.3, -0.25) is 19.7 Å². The largest absolute Gasteiger partial charge is 0.452 e. The number of likely N-dealkylation sites (tertiary alicyclic amines) is 1. The molecule has 168 valence electrons. The van der Waals surface area contributed by atoms with Crippen LogP contribution in [0.1, 0.15) is 51.0 Å². The molecule has 0 aromatic heterocycles. The summed E-state index contributed by atoms with van der Waals surface area (Å²) < 4.78 is 5.24. The van der Waals surface area contributed by atoms with Crippen molar-refractivity contribution in [1.29, 1.82) is 0 Å². The maximum absolute atomic E-state index is 12.4. The Bertz CT molecular complexity index is 792. The van der Waals surface area contributed by atoms with Crippen LogP contribution >= 0.6 is 0 Å². The van der Waals surface area contributed by atoms with Crippen molar-refractivity contribution in [2.75, 3.05) is 13.1 Å². The van der Waals surface area contributed by atoms with Gasteiger partial charge in [-0.1, -0.05) is 49.6 Å². The van der Waals surface area contributed by atoms with E-state index >= 15 is 0 Å². The molecule has 1 saturated carbocycles. The highest BCUT2D eigenvalue weighted by Gasteiger charge is 2.36. The summed E-state index contributed by atoms with van der Waals surface area (Å²) in [6, 6.07) is 9.34. The van der Waals surface area contributed by atoms with Crippen molar-refractivity contribution in [3.63, 3.8) is 0 Å². The standard InChI is InChI=1S/C23H31N3O5/c1-16(21(28)25-23(30)24-19-10-6-3-7-11-19)31-22(29)18-14-20(27)26(15-18)13-12-17-8-4-2-5-9-17/h2,4-5,8-9,16,18-19H,3,6-7,10-15H2,1H3,(H2,24,25,28,30)/t16-,18+/m1/s1. The highest BCUT2D eigenvalue weighted by atomic mass is 16.5. The lowest BCUT2D eigenvalue weighted by Crippen LogP contribution is -2.48. The second-order valence-electron chi connectivity index (χ2n) is 8.35. The molecule has 1 aromatic rings. The van der Waals surface area contributed by atoms with Gasteiger partial charge in [0.15, 0.2) is 6.10 Å². The minimum atomic E-state index is -1.11. The van der Waals surface area contributed by atoms with Gasteiger partial charge in [-0.05, 0) is 31.7 Å². The van der Waals surface area contributed by atoms with Gasteiger partial charge in [0.05, 0.1) is 5.92 Å². The van der Waals surface area contributed by atoms with Gasteiger partial charge in [0.2, 0.25) is 5.91 Å². The Hall–Kier alpha value is -2.90. The molecule has 1 aliphatic carbocycles. The van der Waals surface area contributed by atoms with Crippen LogP contribution in [0.2, 0.25) is 0 Å². The number of ether oxygens (including phenoxy) is 1. The van der Waals surface area contributed by atoms with Crippen molar-refractivity contribution in [3.05, 3.63) is 35.9 Å². The van der Waals surface area contributed by atoms with E-state index in [0.29, 0.717) is 13.0 Å². The number of nitrogens with one attached hydrogen (secondary N) is 2. The maximum Gasteiger partial charge on any atom is 0.321 e. The molecule has 2 aliphatic rings. The van der Waals surface area contributed by atoms with Crippen LogP contribution in [0.15, 0.2) is 30.3 Å². The lowest BCUT2D eigenvalue weighted by molar-refractivity contribution is -0.158. The summed E-state index contributed by atoms with van der Waals surface area (Å²) in [6.45, 7) is 2.23. The number of esters is 1. The number of hydrogen-bond acceptors (Lipinski definition) is 5. The van der Waals surface area contributed by atoms with Crippen LogP contribution in [0.5, 0.6) is 0 Å². The monoisotopic (exact) mass is 429 g/mol. The van der Waals surface area contributed by atoms with Crippen molar-refractivity contribution in [2.24, 2.45) is 5.92 Å². The van der Waals surface area contributed by atoms with E-state index in [1.54, 1.807) is 4.90 Å². The summed E-state index contributed by atoms with van der Waals surface area (Å²) in [5, 5.41) is 5.02. The van der Waals surface area contributed by atoms with Crippen LogP contribution in [0.25, 0.3) is 0 Å². The van der Waals surface area contributed by atoms with Gasteiger partial charge in [-0.25, -0.2) is 4.79 Å². The van der Waals surface area contributed by atoms with Crippen LogP contribution in [0, 0.1) is 5.92 Å². The first-order valence-corrected chi connectivity index (χ1v) is 11.1.